The number of para-hydroxylation sites is 4. The van der Waals surface area contributed by atoms with Gasteiger partial charge in [0, 0.05) is 55.8 Å². The lowest BCUT2D eigenvalue weighted by Crippen LogP contribution is -2.37. The quantitative estimate of drug-likeness (QED) is 0.112. The van der Waals surface area contributed by atoms with Crippen LogP contribution in [0.2, 0.25) is 19.6 Å². The molecule has 5 heteroatoms. The Morgan fingerprint density at radius 2 is 0.971 bits per heavy atom. The number of hydrogen-bond donors (Lipinski definition) is 0. The molecule has 324 valence electrons. The van der Waals surface area contributed by atoms with Crippen molar-refractivity contribution < 1.29 is 9.15 Å². The fourth-order valence-corrected chi connectivity index (χ4v) is 11.7. The lowest BCUT2D eigenvalue weighted by Gasteiger charge is -2.30. The molecular formula is C63H46N2O2Si. The number of hydrogen-bond acceptors (Lipinski definition) is 4. The molecule has 0 spiro atoms. The van der Waals surface area contributed by atoms with Gasteiger partial charge in [-0.3, -0.25) is 0 Å². The van der Waals surface area contributed by atoms with Gasteiger partial charge >= 0.3 is 0 Å². The molecule has 4 nitrogen and oxygen atoms in total. The third-order valence-electron chi connectivity index (χ3n) is 13.8. The second-order valence-electron chi connectivity index (χ2n) is 18.9. The predicted molar refractivity (Wildman–Crippen MR) is 290 cm³/mol. The Morgan fingerprint density at radius 1 is 0.353 bits per heavy atom. The van der Waals surface area contributed by atoms with Crippen LogP contribution in [-0.2, 0) is 0 Å². The molecule has 12 aromatic rings. The van der Waals surface area contributed by atoms with Crippen LogP contribution in [-0.4, -0.2) is 8.07 Å². The van der Waals surface area contributed by atoms with Crippen molar-refractivity contribution in [2.75, 3.05) is 9.80 Å². The van der Waals surface area contributed by atoms with Crippen LogP contribution in [0.1, 0.15) is 0 Å². The number of furan rings is 1. The van der Waals surface area contributed by atoms with E-state index in [0.29, 0.717) is 0 Å². The molecule has 11 aromatic carbocycles. The van der Waals surface area contributed by atoms with Gasteiger partial charge < -0.3 is 19.0 Å². The van der Waals surface area contributed by atoms with Crippen molar-refractivity contribution in [2.45, 2.75) is 19.6 Å². The van der Waals surface area contributed by atoms with Crippen molar-refractivity contribution >= 4 is 102 Å². The molecule has 13 rings (SSSR count). The van der Waals surface area contributed by atoms with Gasteiger partial charge in [-0.05, 0) is 105 Å². The first kappa shape index (κ1) is 39.9. The topological polar surface area (TPSA) is 28.9 Å². The molecule has 1 aliphatic heterocycles. The number of anilines is 6. The van der Waals surface area contributed by atoms with Crippen molar-refractivity contribution in [3.8, 4) is 33.8 Å². The highest BCUT2D eigenvalue weighted by Gasteiger charge is 2.28. The van der Waals surface area contributed by atoms with E-state index in [1.54, 1.807) is 0 Å². The van der Waals surface area contributed by atoms with Gasteiger partial charge in [-0.2, -0.15) is 0 Å². The summed E-state index contributed by atoms with van der Waals surface area (Å²) in [5.74, 6) is 1.69. The van der Waals surface area contributed by atoms with Crippen molar-refractivity contribution in [1.82, 2.24) is 0 Å². The zero-order chi connectivity index (χ0) is 45.5. The summed E-state index contributed by atoms with van der Waals surface area (Å²) in [5, 5.41) is 10.5. The summed E-state index contributed by atoms with van der Waals surface area (Å²) in [4.78, 5) is 4.76. The normalized spacial score (nSPS) is 12.2. The van der Waals surface area contributed by atoms with Crippen LogP contribution in [0.25, 0.3) is 76.5 Å². The largest absolute Gasteiger partial charge is 0.456 e. The summed E-state index contributed by atoms with van der Waals surface area (Å²) in [6.45, 7) is 7.19. The van der Waals surface area contributed by atoms with Crippen molar-refractivity contribution in [1.29, 1.82) is 0 Å². The molecule has 2 heterocycles. The summed E-state index contributed by atoms with van der Waals surface area (Å²) >= 11 is 0. The zero-order valence-electron chi connectivity index (χ0n) is 38.1. The van der Waals surface area contributed by atoms with Crippen molar-refractivity contribution in [2.24, 2.45) is 0 Å². The van der Waals surface area contributed by atoms with Gasteiger partial charge in [0.1, 0.15) is 17.1 Å². The van der Waals surface area contributed by atoms with E-state index in [2.05, 4.69) is 248 Å². The first-order valence-electron chi connectivity index (χ1n) is 23.4. The minimum atomic E-state index is -1.48. The molecule has 0 unspecified atom stereocenters. The van der Waals surface area contributed by atoms with Crippen LogP contribution >= 0.6 is 0 Å². The van der Waals surface area contributed by atoms with E-state index >= 15 is 0 Å². The number of benzene rings is 11. The van der Waals surface area contributed by atoms with E-state index in [9.17, 15) is 0 Å². The average Bonchev–Trinajstić information content (AvgIpc) is 3.77. The number of fused-ring (bicyclic) bond motifs is 9. The SMILES string of the molecule is C[Si](C)(C)c1ccc(N(c2ccccc2)c2ccc3c(c2)Oc2cccc4c2c-3cc2c3ccccc3c(N(c3ccccc3-c3ccccc3)c3cccc5c3oc3ccccc35)cc42)cc1. The maximum Gasteiger partial charge on any atom is 0.159 e. The monoisotopic (exact) mass is 890 g/mol. The standard InChI is InChI=1S/C63H46N2O2Si/c1-68(2,3)45-35-32-43(33-36-45)64(42-20-8-5-9-21-42)44-34-37-50-55-39-53-47-23-10-11-24-48(47)58(40-54(53)51-26-17-31-60(62(51)55)66-61(50)38-44)65(56-28-14-12-22-46(56)41-18-6-4-7-19-41)57-29-16-27-52-49-25-13-15-30-59(49)67-63(52)57/h4-40H,1-3H3. The Balaban J connectivity index is 1.04. The van der Waals surface area contributed by atoms with Gasteiger partial charge in [0.15, 0.2) is 5.58 Å². The second-order valence-corrected chi connectivity index (χ2v) is 23.9. The summed E-state index contributed by atoms with van der Waals surface area (Å²) < 4.78 is 13.9. The minimum Gasteiger partial charge on any atom is -0.456 e. The van der Waals surface area contributed by atoms with E-state index in [1.807, 2.05) is 6.07 Å². The summed E-state index contributed by atoms with van der Waals surface area (Å²) in [6.07, 6.45) is 0. The maximum atomic E-state index is 7.03. The third-order valence-corrected chi connectivity index (χ3v) is 15.8. The molecule has 68 heavy (non-hydrogen) atoms. The van der Waals surface area contributed by atoms with Crippen LogP contribution in [0.4, 0.5) is 34.1 Å². The van der Waals surface area contributed by atoms with Crippen LogP contribution in [0.5, 0.6) is 11.5 Å². The summed E-state index contributed by atoms with van der Waals surface area (Å²) in [7, 11) is -1.48. The fraction of sp³-hybridized carbons (Fsp3) is 0.0476. The summed E-state index contributed by atoms with van der Waals surface area (Å²) in [6, 6.07) is 80.9. The van der Waals surface area contributed by atoms with E-state index < -0.39 is 8.07 Å². The Kier molecular flexibility index (Phi) is 9.17. The molecular weight excluding hydrogens is 845 g/mol. The molecule has 0 saturated carbocycles. The highest BCUT2D eigenvalue weighted by Crippen LogP contribution is 2.54. The number of ether oxygens (including phenoxy) is 1. The third kappa shape index (κ3) is 6.42. The first-order chi connectivity index (χ1) is 33.4. The Morgan fingerprint density at radius 3 is 1.78 bits per heavy atom. The van der Waals surface area contributed by atoms with E-state index in [0.717, 1.165) is 111 Å². The number of nitrogens with zero attached hydrogens (tertiary/aromatic N) is 2. The van der Waals surface area contributed by atoms with Crippen LogP contribution < -0.4 is 19.7 Å². The molecule has 0 N–H and O–H groups in total. The Labute approximate surface area is 396 Å². The molecule has 1 aliphatic rings. The summed E-state index contributed by atoms with van der Waals surface area (Å²) in [5.41, 5.74) is 12.6. The molecule has 0 bridgehead atoms. The number of rotatable bonds is 8. The molecule has 0 aliphatic carbocycles. The van der Waals surface area contributed by atoms with Crippen molar-refractivity contribution in [3.63, 3.8) is 0 Å². The van der Waals surface area contributed by atoms with Crippen LogP contribution in [0, 0.1) is 0 Å². The maximum absolute atomic E-state index is 7.03. The average molecular weight is 891 g/mol. The highest BCUT2D eigenvalue weighted by molar-refractivity contribution is 6.88. The van der Waals surface area contributed by atoms with Gasteiger partial charge in [-0.25, -0.2) is 0 Å². The molecule has 0 saturated heterocycles. The fourth-order valence-electron chi connectivity index (χ4n) is 10.5. The van der Waals surface area contributed by atoms with E-state index in [1.165, 1.54) is 16.0 Å². The van der Waals surface area contributed by atoms with Crippen LogP contribution in [0.15, 0.2) is 229 Å². The zero-order valence-corrected chi connectivity index (χ0v) is 39.1. The van der Waals surface area contributed by atoms with Gasteiger partial charge in [0.05, 0.1) is 25.1 Å². The Bertz CT molecular complexity index is 3930. The molecule has 0 fully saturated rings. The van der Waals surface area contributed by atoms with E-state index in [-0.39, 0.29) is 0 Å². The van der Waals surface area contributed by atoms with Crippen LogP contribution in [0.3, 0.4) is 0 Å². The first-order valence-corrected chi connectivity index (χ1v) is 26.9. The van der Waals surface area contributed by atoms with E-state index in [4.69, 9.17) is 9.15 Å². The molecule has 1 aromatic heterocycles. The lowest BCUT2D eigenvalue weighted by atomic mass is 9.88. The molecule has 0 atom stereocenters. The minimum absolute atomic E-state index is 0.838. The Hall–Kier alpha value is -8.38. The highest BCUT2D eigenvalue weighted by atomic mass is 28.3. The molecule has 0 radical (unpaired) electrons. The second kappa shape index (κ2) is 15.6. The van der Waals surface area contributed by atoms with Gasteiger partial charge in [-0.1, -0.05) is 170 Å². The van der Waals surface area contributed by atoms with Gasteiger partial charge in [0.2, 0.25) is 0 Å². The smallest absolute Gasteiger partial charge is 0.159 e. The molecule has 0 amide bonds. The van der Waals surface area contributed by atoms with Gasteiger partial charge in [-0.15, -0.1) is 0 Å². The van der Waals surface area contributed by atoms with Gasteiger partial charge in [0.25, 0.3) is 0 Å². The van der Waals surface area contributed by atoms with Crippen molar-refractivity contribution in [3.05, 3.63) is 224 Å². The lowest BCUT2D eigenvalue weighted by molar-refractivity contribution is 0.487. The predicted octanol–water partition coefficient (Wildman–Crippen LogP) is 18.0.